The van der Waals surface area contributed by atoms with Gasteiger partial charge in [-0.3, -0.25) is 4.68 Å². The summed E-state index contributed by atoms with van der Waals surface area (Å²) in [5.74, 6) is 0.957. The van der Waals surface area contributed by atoms with Gasteiger partial charge in [-0.05, 0) is 25.8 Å². The van der Waals surface area contributed by atoms with Crippen molar-refractivity contribution < 1.29 is 0 Å². The monoisotopic (exact) mass is 244 g/mol. The van der Waals surface area contributed by atoms with Gasteiger partial charge in [-0.2, -0.15) is 5.10 Å². The molecule has 1 aromatic heterocycles. The van der Waals surface area contributed by atoms with Crippen LogP contribution in [-0.2, 0) is 19.4 Å². The summed E-state index contributed by atoms with van der Waals surface area (Å²) in [6.07, 6.45) is 3.16. The van der Waals surface area contributed by atoms with Crippen molar-refractivity contribution in [2.75, 3.05) is 0 Å². The zero-order valence-corrected chi connectivity index (χ0v) is 11.0. The second-order valence-corrected chi connectivity index (χ2v) is 4.99. The van der Waals surface area contributed by atoms with Crippen LogP contribution in [0.1, 0.15) is 25.2 Å². The van der Waals surface area contributed by atoms with E-state index >= 15 is 0 Å². The molecular weight excluding hydrogens is 224 g/mol. The van der Waals surface area contributed by atoms with Gasteiger partial charge in [-0.15, -0.1) is 0 Å². The molecule has 0 radical (unpaired) electrons. The molecule has 0 aliphatic heterocycles. The molecule has 1 unspecified atom stereocenters. The molecule has 4 nitrogen and oxygen atoms in total. The summed E-state index contributed by atoms with van der Waals surface area (Å²) in [5.41, 5.74) is 7.33. The summed E-state index contributed by atoms with van der Waals surface area (Å²) >= 11 is 0. The van der Waals surface area contributed by atoms with Crippen LogP contribution in [0.5, 0.6) is 0 Å². The predicted octanol–water partition coefficient (Wildman–Crippen LogP) is 1.80. The van der Waals surface area contributed by atoms with Crippen molar-refractivity contribution in [1.82, 2.24) is 14.8 Å². The van der Waals surface area contributed by atoms with E-state index in [2.05, 4.69) is 36.1 Å². The number of rotatable bonds is 5. The van der Waals surface area contributed by atoms with Gasteiger partial charge in [0.25, 0.3) is 0 Å². The minimum atomic E-state index is -0.304. The number of hydrogen-bond donors (Lipinski definition) is 1. The smallest absolute Gasteiger partial charge is 0.138 e. The molecule has 0 amide bonds. The van der Waals surface area contributed by atoms with Crippen LogP contribution < -0.4 is 5.73 Å². The van der Waals surface area contributed by atoms with Crippen LogP contribution in [0.25, 0.3) is 0 Å². The largest absolute Gasteiger partial charge is 0.325 e. The highest BCUT2D eigenvalue weighted by atomic mass is 15.3. The van der Waals surface area contributed by atoms with Crippen LogP contribution in [0.4, 0.5) is 0 Å². The molecular formula is C14H20N4. The van der Waals surface area contributed by atoms with Crippen LogP contribution >= 0.6 is 0 Å². The van der Waals surface area contributed by atoms with Gasteiger partial charge in [-0.1, -0.05) is 30.3 Å². The number of aromatic nitrogens is 3. The topological polar surface area (TPSA) is 56.7 Å². The average molecular weight is 244 g/mol. The Bertz CT molecular complexity index is 488. The Morgan fingerprint density at radius 2 is 1.94 bits per heavy atom. The van der Waals surface area contributed by atoms with Gasteiger partial charge in [0, 0.05) is 18.5 Å². The van der Waals surface area contributed by atoms with Gasteiger partial charge < -0.3 is 5.73 Å². The molecule has 0 aliphatic rings. The van der Waals surface area contributed by atoms with Crippen molar-refractivity contribution >= 4 is 0 Å². The lowest BCUT2D eigenvalue weighted by atomic mass is 9.90. The first kappa shape index (κ1) is 12.8. The summed E-state index contributed by atoms with van der Waals surface area (Å²) in [7, 11) is 0. The first-order chi connectivity index (χ1) is 8.61. The maximum absolute atomic E-state index is 6.38. The molecule has 1 aromatic carbocycles. The summed E-state index contributed by atoms with van der Waals surface area (Å²) in [6.45, 7) is 4.95. The van der Waals surface area contributed by atoms with Gasteiger partial charge in [0.05, 0.1) is 0 Å². The van der Waals surface area contributed by atoms with E-state index in [0.717, 1.165) is 25.2 Å². The minimum absolute atomic E-state index is 0.304. The highest BCUT2D eigenvalue weighted by Crippen LogP contribution is 2.15. The lowest BCUT2D eigenvalue weighted by molar-refractivity contribution is 0.436. The van der Waals surface area contributed by atoms with Crippen molar-refractivity contribution in [3.8, 4) is 0 Å². The maximum Gasteiger partial charge on any atom is 0.138 e. The molecule has 96 valence electrons. The van der Waals surface area contributed by atoms with Crippen LogP contribution in [0.2, 0.25) is 0 Å². The quantitative estimate of drug-likeness (QED) is 0.872. The second-order valence-electron chi connectivity index (χ2n) is 4.99. The third-order valence-electron chi connectivity index (χ3n) is 3.01. The predicted molar refractivity (Wildman–Crippen MR) is 72.1 cm³/mol. The fourth-order valence-electron chi connectivity index (χ4n) is 2.18. The van der Waals surface area contributed by atoms with E-state index in [0.29, 0.717) is 0 Å². The molecule has 2 aromatic rings. The molecule has 0 saturated carbocycles. The first-order valence-corrected chi connectivity index (χ1v) is 6.30. The average Bonchev–Trinajstić information content (AvgIpc) is 2.76. The molecule has 0 bridgehead atoms. The molecule has 0 fully saturated rings. The molecule has 0 saturated heterocycles. The fourth-order valence-corrected chi connectivity index (χ4v) is 2.18. The zero-order valence-electron chi connectivity index (χ0n) is 11.0. The summed E-state index contributed by atoms with van der Waals surface area (Å²) < 4.78 is 1.90. The van der Waals surface area contributed by atoms with Crippen molar-refractivity contribution in [2.45, 2.75) is 38.8 Å². The molecule has 18 heavy (non-hydrogen) atoms. The molecule has 2 rings (SSSR count). The first-order valence-electron chi connectivity index (χ1n) is 6.30. The van der Waals surface area contributed by atoms with E-state index < -0.39 is 0 Å². The van der Waals surface area contributed by atoms with Gasteiger partial charge in [-0.25, -0.2) is 4.98 Å². The molecule has 1 atom stereocenters. The molecule has 4 heteroatoms. The standard InChI is InChI=1S/C14H20N4/c1-3-18-13(16-11-17-18)10-14(2,15)9-12-7-5-4-6-8-12/h4-8,11H,3,9-10,15H2,1-2H3. The van der Waals surface area contributed by atoms with Crippen LogP contribution in [0.15, 0.2) is 36.7 Å². The van der Waals surface area contributed by atoms with Gasteiger partial charge in [0.2, 0.25) is 0 Å². The van der Waals surface area contributed by atoms with Crippen LogP contribution in [0, 0.1) is 0 Å². The highest BCUT2D eigenvalue weighted by Gasteiger charge is 2.22. The third-order valence-corrected chi connectivity index (χ3v) is 3.01. The number of nitrogens with zero attached hydrogens (tertiary/aromatic N) is 3. The van der Waals surface area contributed by atoms with Gasteiger partial charge >= 0.3 is 0 Å². The van der Waals surface area contributed by atoms with Crippen molar-refractivity contribution in [3.63, 3.8) is 0 Å². The third kappa shape index (κ3) is 3.17. The van der Waals surface area contributed by atoms with Crippen molar-refractivity contribution in [2.24, 2.45) is 5.73 Å². The highest BCUT2D eigenvalue weighted by molar-refractivity contribution is 5.18. The van der Waals surface area contributed by atoms with E-state index in [1.165, 1.54) is 5.56 Å². The van der Waals surface area contributed by atoms with E-state index in [4.69, 9.17) is 5.73 Å². The minimum Gasteiger partial charge on any atom is -0.325 e. The Morgan fingerprint density at radius 3 is 2.61 bits per heavy atom. The van der Waals surface area contributed by atoms with E-state index in [-0.39, 0.29) is 5.54 Å². The zero-order chi connectivity index (χ0) is 13.0. The molecule has 2 N–H and O–H groups in total. The SMILES string of the molecule is CCn1ncnc1CC(C)(N)Cc1ccccc1. The Hall–Kier alpha value is -1.68. The number of hydrogen-bond acceptors (Lipinski definition) is 3. The van der Waals surface area contributed by atoms with E-state index in [1.54, 1.807) is 6.33 Å². The summed E-state index contributed by atoms with van der Waals surface area (Å²) in [6, 6.07) is 10.3. The maximum atomic E-state index is 6.38. The Kier molecular flexibility index (Phi) is 3.77. The van der Waals surface area contributed by atoms with Crippen LogP contribution in [0.3, 0.4) is 0 Å². The summed E-state index contributed by atoms with van der Waals surface area (Å²) in [5, 5.41) is 4.18. The number of benzene rings is 1. The Labute approximate surface area is 108 Å². The molecule has 0 aliphatic carbocycles. The molecule has 0 spiro atoms. The summed E-state index contributed by atoms with van der Waals surface area (Å²) in [4.78, 5) is 4.29. The molecule has 1 heterocycles. The number of nitrogens with two attached hydrogens (primary N) is 1. The van der Waals surface area contributed by atoms with Gasteiger partial charge in [0.15, 0.2) is 0 Å². The van der Waals surface area contributed by atoms with Crippen LogP contribution in [-0.4, -0.2) is 20.3 Å². The van der Waals surface area contributed by atoms with Gasteiger partial charge in [0.1, 0.15) is 12.2 Å². The van der Waals surface area contributed by atoms with Crippen molar-refractivity contribution in [1.29, 1.82) is 0 Å². The fraction of sp³-hybridized carbons (Fsp3) is 0.429. The Morgan fingerprint density at radius 1 is 1.22 bits per heavy atom. The van der Waals surface area contributed by atoms with E-state index in [9.17, 15) is 0 Å². The van der Waals surface area contributed by atoms with Crippen molar-refractivity contribution in [3.05, 3.63) is 48.0 Å². The van der Waals surface area contributed by atoms with E-state index in [1.807, 2.05) is 22.9 Å². The Balaban J connectivity index is 2.08. The lowest BCUT2D eigenvalue weighted by Crippen LogP contribution is -2.41. The second kappa shape index (κ2) is 5.31. The number of aryl methyl sites for hydroxylation is 1. The lowest BCUT2D eigenvalue weighted by Gasteiger charge is -2.24. The normalized spacial score (nSPS) is 14.4.